The molecule has 4 nitrogen and oxygen atoms in total. The fraction of sp³-hybridized carbons (Fsp3) is 0.0455. The lowest BCUT2D eigenvalue weighted by atomic mass is 10.1. The summed E-state index contributed by atoms with van der Waals surface area (Å²) in [6.45, 7) is 0. The van der Waals surface area contributed by atoms with Crippen LogP contribution < -0.4 is 10.1 Å². The summed E-state index contributed by atoms with van der Waals surface area (Å²) in [6.07, 6.45) is 0. The molecule has 0 aliphatic carbocycles. The van der Waals surface area contributed by atoms with Crippen molar-refractivity contribution in [1.82, 2.24) is 4.98 Å². The average Bonchev–Trinajstić information content (AvgIpc) is 2.68. The number of aromatic hydroxyl groups is 1. The normalized spacial score (nSPS) is 10.7. The minimum Gasteiger partial charge on any atom is -0.508 e. The molecule has 4 heteroatoms. The zero-order valence-electron chi connectivity index (χ0n) is 14.3. The Labute approximate surface area is 151 Å². The molecule has 4 aromatic rings. The summed E-state index contributed by atoms with van der Waals surface area (Å²) >= 11 is 0. The monoisotopic (exact) mass is 342 g/mol. The van der Waals surface area contributed by atoms with Gasteiger partial charge in [-0.3, -0.25) is 0 Å². The molecule has 0 amide bonds. The van der Waals surface area contributed by atoms with Gasteiger partial charge in [-0.25, -0.2) is 4.98 Å². The Bertz CT molecular complexity index is 1060. The van der Waals surface area contributed by atoms with Crippen molar-refractivity contribution < 1.29 is 9.84 Å². The van der Waals surface area contributed by atoms with E-state index in [0.29, 0.717) is 0 Å². The SMILES string of the molecule is COc1ccc2nc(-c3ccccc3)cc(Nc3cccc(O)c3)c2c1. The third kappa shape index (κ3) is 3.17. The standard InChI is InChI=1S/C22H18N2O2/c1-26-18-10-11-20-19(13-18)22(23-16-8-5-9-17(25)12-16)14-21(24-20)15-6-3-2-4-7-15/h2-14,25H,1H3,(H,23,24). The number of nitrogens with one attached hydrogen (secondary N) is 1. The summed E-state index contributed by atoms with van der Waals surface area (Å²) in [7, 11) is 1.65. The van der Waals surface area contributed by atoms with E-state index >= 15 is 0 Å². The molecule has 0 fully saturated rings. The van der Waals surface area contributed by atoms with Gasteiger partial charge in [0, 0.05) is 22.7 Å². The van der Waals surface area contributed by atoms with Crippen molar-refractivity contribution in [3.8, 4) is 22.8 Å². The van der Waals surface area contributed by atoms with E-state index in [0.717, 1.165) is 39.3 Å². The Morgan fingerprint density at radius 3 is 2.50 bits per heavy atom. The molecular formula is C22H18N2O2. The number of methoxy groups -OCH3 is 1. The van der Waals surface area contributed by atoms with Crippen molar-refractivity contribution in [3.05, 3.63) is 78.9 Å². The number of hydrogen-bond acceptors (Lipinski definition) is 4. The van der Waals surface area contributed by atoms with Gasteiger partial charge in [0.05, 0.1) is 24.0 Å². The number of rotatable bonds is 4. The first kappa shape index (κ1) is 16.0. The summed E-state index contributed by atoms with van der Waals surface area (Å²) in [5.74, 6) is 0.986. The van der Waals surface area contributed by atoms with Crippen molar-refractivity contribution in [2.75, 3.05) is 12.4 Å². The van der Waals surface area contributed by atoms with Gasteiger partial charge in [-0.2, -0.15) is 0 Å². The van der Waals surface area contributed by atoms with Crippen molar-refractivity contribution in [2.45, 2.75) is 0 Å². The van der Waals surface area contributed by atoms with Crippen LogP contribution in [0, 0.1) is 0 Å². The predicted octanol–water partition coefficient (Wildman–Crippen LogP) is 5.36. The number of benzene rings is 3. The molecule has 0 saturated carbocycles. The first-order chi connectivity index (χ1) is 12.7. The van der Waals surface area contributed by atoms with E-state index in [2.05, 4.69) is 5.32 Å². The molecule has 0 aliphatic heterocycles. The third-order valence-electron chi connectivity index (χ3n) is 4.21. The maximum atomic E-state index is 9.75. The van der Waals surface area contributed by atoms with E-state index in [1.807, 2.05) is 60.7 Å². The lowest BCUT2D eigenvalue weighted by Crippen LogP contribution is -1.95. The van der Waals surface area contributed by atoms with Crippen LogP contribution in [0.5, 0.6) is 11.5 Å². The fourth-order valence-electron chi connectivity index (χ4n) is 2.93. The number of anilines is 2. The Hall–Kier alpha value is -3.53. The van der Waals surface area contributed by atoms with E-state index in [-0.39, 0.29) is 5.75 Å². The smallest absolute Gasteiger partial charge is 0.119 e. The van der Waals surface area contributed by atoms with Crippen LogP contribution in [0.3, 0.4) is 0 Å². The molecule has 4 rings (SSSR count). The van der Waals surface area contributed by atoms with Crippen molar-refractivity contribution in [2.24, 2.45) is 0 Å². The van der Waals surface area contributed by atoms with E-state index in [1.54, 1.807) is 25.3 Å². The second-order valence-corrected chi connectivity index (χ2v) is 5.98. The molecule has 0 aliphatic rings. The Morgan fingerprint density at radius 1 is 0.885 bits per heavy atom. The zero-order valence-corrected chi connectivity index (χ0v) is 14.3. The van der Waals surface area contributed by atoms with Gasteiger partial charge in [-0.1, -0.05) is 36.4 Å². The van der Waals surface area contributed by atoms with E-state index < -0.39 is 0 Å². The second kappa shape index (κ2) is 6.76. The number of ether oxygens (including phenoxy) is 1. The zero-order chi connectivity index (χ0) is 17.9. The number of fused-ring (bicyclic) bond motifs is 1. The maximum absolute atomic E-state index is 9.75. The van der Waals surface area contributed by atoms with Gasteiger partial charge in [0.2, 0.25) is 0 Å². The molecular weight excluding hydrogens is 324 g/mol. The van der Waals surface area contributed by atoms with Gasteiger partial charge in [-0.15, -0.1) is 0 Å². The summed E-state index contributed by atoms with van der Waals surface area (Å²) < 4.78 is 5.37. The predicted molar refractivity (Wildman–Crippen MR) is 105 cm³/mol. The first-order valence-electron chi connectivity index (χ1n) is 8.33. The Morgan fingerprint density at radius 2 is 1.73 bits per heavy atom. The number of phenols is 1. The highest BCUT2D eigenvalue weighted by atomic mass is 16.5. The molecule has 2 N–H and O–H groups in total. The molecule has 0 atom stereocenters. The fourth-order valence-corrected chi connectivity index (χ4v) is 2.93. The highest BCUT2D eigenvalue weighted by Crippen LogP contribution is 2.33. The summed E-state index contributed by atoms with van der Waals surface area (Å²) in [5.41, 5.74) is 4.50. The lowest BCUT2D eigenvalue weighted by molar-refractivity contribution is 0.415. The van der Waals surface area contributed by atoms with Crippen LogP contribution >= 0.6 is 0 Å². The molecule has 128 valence electrons. The highest BCUT2D eigenvalue weighted by Gasteiger charge is 2.09. The van der Waals surface area contributed by atoms with Crippen LogP contribution in [-0.4, -0.2) is 17.2 Å². The highest BCUT2D eigenvalue weighted by molar-refractivity contribution is 5.96. The molecule has 1 aromatic heterocycles. The minimum absolute atomic E-state index is 0.217. The molecule has 0 bridgehead atoms. The van der Waals surface area contributed by atoms with Crippen LogP contribution in [-0.2, 0) is 0 Å². The van der Waals surface area contributed by atoms with Crippen molar-refractivity contribution in [3.63, 3.8) is 0 Å². The molecule has 26 heavy (non-hydrogen) atoms. The lowest BCUT2D eigenvalue weighted by Gasteiger charge is -2.13. The average molecular weight is 342 g/mol. The summed E-state index contributed by atoms with van der Waals surface area (Å²) in [4.78, 5) is 4.80. The number of phenolic OH excluding ortho intramolecular Hbond substituents is 1. The molecule has 0 spiro atoms. The number of nitrogens with zero attached hydrogens (tertiary/aromatic N) is 1. The van der Waals surface area contributed by atoms with E-state index in [1.165, 1.54) is 0 Å². The minimum atomic E-state index is 0.217. The van der Waals surface area contributed by atoms with Crippen molar-refractivity contribution >= 4 is 22.3 Å². The van der Waals surface area contributed by atoms with Crippen LogP contribution in [0.15, 0.2) is 78.9 Å². The van der Waals surface area contributed by atoms with Crippen LogP contribution in [0.1, 0.15) is 0 Å². The molecule has 1 heterocycles. The molecule has 0 radical (unpaired) electrons. The Kier molecular flexibility index (Phi) is 4.15. The van der Waals surface area contributed by atoms with Gasteiger partial charge in [-0.05, 0) is 36.4 Å². The number of aromatic nitrogens is 1. The van der Waals surface area contributed by atoms with Gasteiger partial charge < -0.3 is 15.2 Å². The van der Waals surface area contributed by atoms with E-state index in [9.17, 15) is 5.11 Å². The van der Waals surface area contributed by atoms with Crippen LogP contribution in [0.25, 0.3) is 22.2 Å². The molecule has 0 saturated heterocycles. The third-order valence-corrected chi connectivity index (χ3v) is 4.21. The molecule has 0 unspecified atom stereocenters. The van der Waals surface area contributed by atoms with Crippen LogP contribution in [0.2, 0.25) is 0 Å². The van der Waals surface area contributed by atoms with Gasteiger partial charge in [0.25, 0.3) is 0 Å². The van der Waals surface area contributed by atoms with Crippen LogP contribution in [0.4, 0.5) is 11.4 Å². The van der Waals surface area contributed by atoms with Crippen molar-refractivity contribution in [1.29, 1.82) is 0 Å². The second-order valence-electron chi connectivity index (χ2n) is 5.98. The molecule has 3 aromatic carbocycles. The first-order valence-corrected chi connectivity index (χ1v) is 8.33. The largest absolute Gasteiger partial charge is 0.508 e. The summed E-state index contributed by atoms with van der Waals surface area (Å²) in [6, 6.07) is 24.9. The van der Waals surface area contributed by atoms with Gasteiger partial charge >= 0.3 is 0 Å². The number of pyridine rings is 1. The topological polar surface area (TPSA) is 54.4 Å². The maximum Gasteiger partial charge on any atom is 0.119 e. The Balaban J connectivity index is 1.89. The van der Waals surface area contributed by atoms with E-state index in [4.69, 9.17) is 9.72 Å². The summed E-state index contributed by atoms with van der Waals surface area (Å²) in [5, 5.41) is 14.1. The van der Waals surface area contributed by atoms with Gasteiger partial charge in [0.1, 0.15) is 11.5 Å². The number of hydrogen-bond donors (Lipinski definition) is 2. The quantitative estimate of drug-likeness (QED) is 0.524. The van der Waals surface area contributed by atoms with Gasteiger partial charge in [0.15, 0.2) is 0 Å².